The Morgan fingerprint density at radius 2 is 1.73 bits per heavy atom. The molecule has 3 rings (SSSR count). The van der Waals surface area contributed by atoms with Crippen molar-refractivity contribution in [3.05, 3.63) is 69.6 Å². The maximum absolute atomic E-state index is 13.3. The number of halogens is 6. The van der Waals surface area contributed by atoms with Gasteiger partial charge < -0.3 is 10.1 Å². The fourth-order valence-electron chi connectivity index (χ4n) is 2.59. The Bertz CT molecular complexity index is 1030. The lowest BCUT2D eigenvalue weighted by molar-refractivity contribution is -0.143. The number of amides is 1. The summed E-state index contributed by atoms with van der Waals surface area (Å²) in [5, 5.41) is 2.44. The summed E-state index contributed by atoms with van der Waals surface area (Å²) in [5.74, 6) is -0.258. The van der Waals surface area contributed by atoms with Gasteiger partial charge in [0.1, 0.15) is 16.7 Å². The highest BCUT2D eigenvalue weighted by Crippen LogP contribution is 2.38. The van der Waals surface area contributed by atoms with Gasteiger partial charge in [-0.3, -0.25) is 4.79 Å². The summed E-state index contributed by atoms with van der Waals surface area (Å²) in [6.07, 6.45) is -8.43. The first kappa shape index (κ1) is 22.2. The molecule has 0 bridgehead atoms. The Hall–Kier alpha value is -2.53. The molecule has 1 aliphatic heterocycles. The van der Waals surface area contributed by atoms with Crippen molar-refractivity contribution < 1.29 is 35.9 Å². The molecule has 2 aromatic carbocycles. The third kappa shape index (κ3) is 5.14. The van der Waals surface area contributed by atoms with Crippen molar-refractivity contribution in [2.24, 2.45) is 0 Å². The van der Waals surface area contributed by atoms with Crippen LogP contribution >= 0.6 is 24.0 Å². The first-order valence-electron chi connectivity index (χ1n) is 8.19. The molecule has 158 valence electrons. The third-order valence-corrected chi connectivity index (χ3v) is 5.14. The molecule has 1 saturated heterocycles. The Morgan fingerprint density at radius 1 is 1.03 bits per heavy atom. The molecule has 0 saturated carbocycles. The van der Waals surface area contributed by atoms with Crippen LogP contribution in [0, 0.1) is 0 Å². The van der Waals surface area contributed by atoms with Crippen molar-refractivity contribution in [1.82, 2.24) is 5.32 Å². The lowest BCUT2D eigenvalue weighted by Gasteiger charge is -2.17. The van der Waals surface area contributed by atoms with E-state index in [9.17, 15) is 31.1 Å². The standard InChI is InChI=1S/C19H11F6NO2S2/c20-18(21,22)12-6-5-11(13(8-12)19(23,24)25)9-28-14-4-2-1-3-10(14)7-15-16(27)26-17(29)30-15/h1-8H,9H2,(H,26,27,29). The number of alkyl halides is 6. The summed E-state index contributed by atoms with van der Waals surface area (Å²) in [5.41, 5.74) is -2.87. The van der Waals surface area contributed by atoms with E-state index in [4.69, 9.17) is 17.0 Å². The summed E-state index contributed by atoms with van der Waals surface area (Å²) in [6, 6.07) is 7.63. The molecule has 0 aliphatic carbocycles. The number of nitrogens with one attached hydrogen (secondary N) is 1. The van der Waals surface area contributed by atoms with Gasteiger partial charge in [-0.25, -0.2) is 0 Å². The van der Waals surface area contributed by atoms with Crippen molar-refractivity contribution in [2.45, 2.75) is 19.0 Å². The number of hydrogen-bond acceptors (Lipinski definition) is 4. The maximum Gasteiger partial charge on any atom is 0.416 e. The summed E-state index contributed by atoms with van der Waals surface area (Å²) >= 11 is 5.92. The second-order valence-corrected chi connectivity index (χ2v) is 7.77. The quantitative estimate of drug-likeness (QED) is 0.354. The van der Waals surface area contributed by atoms with E-state index in [0.29, 0.717) is 11.6 Å². The molecular formula is C19H11F6NO2S2. The first-order valence-corrected chi connectivity index (χ1v) is 9.41. The van der Waals surface area contributed by atoms with Crippen LogP contribution in [-0.4, -0.2) is 10.2 Å². The lowest BCUT2D eigenvalue weighted by atomic mass is 10.0. The van der Waals surface area contributed by atoms with E-state index in [1.807, 2.05) is 0 Å². The molecular weight excluding hydrogens is 452 g/mol. The van der Waals surface area contributed by atoms with Crippen LogP contribution in [0.3, 0.4) is 0 Å². The lowest BCUT2D eigenvalue weighted by Crippen LogP contribution is -2.17. The minimum Gasteiger partial charge on any atom is -0.488 e. The Balaban J connectivity index is 1.89. The van der Waals surface area contributed by atoms with Crippen molar-refractivity contribution in [3.63, 3.8) is 0 Å². The van der Waals surface area contributed by atoms with Gasteiger partial charge in [-0.1, -0.05) is 48.2 Å². The zero-order chi connectivity index (χ0) is 22.1. The smallest absolute Gasteiger partial charge is 0.416 e. The van der Waals surface area contributed by atoms with E-state index in [1.54, 1.807) is 18.2 Å². The molecule has 0 atom stereocenters. The normalized spacial score (nSPS) is 16.1. The molecule has 0 unspecified atom stereocenters. The molecule has 1 fully saturated rings. The summed E-state index contributed by atoms with van der Waals surface area (Å²) in [6.45, 7) is -0.620. The number of benzene rings is 2. The average Bonchev–Trinajstić information content (AvgIpc) is 2.96. The Kier molecular flexibility index (Phi) is 6.14. The number of ether oxygens (including phenoxy) is 1. The molecule has 3 nitrogen and oxygen atoms in total. The van der Waals surface area contributed by atoms with Crippen LogP contribution in [0.4, 0.5) is 26.3 Å². The van der Waals surface area contributed by atoms with Crippen LogP contribution in [0.5, 0.6) is 5.75 Å². The number of rotatable bonds is 4. The Morgan fingerprint density at radius 3 is 2.33 bits per heavy atom. The summed E-state index contributed by atoms with van der Waals surface area (Å²) < 4.78 is 84.0. The molecule has 1 aliphatic rings. The summed E-state index contributed by atoms with van der Waals surface area (Å²) in [7, 11) is 0. The molecule has 2 aromatic rings. The molecule has 1 N–H and O–H groups in total. The number of thioether (sulfide) groups is 1. The van der Waals surface area contributed by atoms with Crippen molar-refractivity contribution in [1.29, 1.82) is 0 Å². The van der Waals surface area contributed by atoms with Gasteiger partial charge in [-0.15, -0.1) is 0 Å². The van der Waals surface area contributed by atoms with E-state index >= 15 is 0 Å². The van der Waals surface area contributed by atoms with E-state index < -0.39 is 41.6 Å². The van der Waals surface area contributed by atoms with Gasteiger partial charge in [-0.2, -0.15) is 26.3 Å². The van der Waals surface area contributed by atoms with Gasteiger partial charge >= 0.3 is 12.4 Å². The van der Waals surface area contributed by atoms with Crippen LogP contribution in [0.2, 0.25) is 0 Å². The number of thiocarbonyl (C=S) groups is 1. The van der Waals surface area contributed by atoms with Crippen LogP contribution < -0.4 is 10.1 Å². The molecule has 30 heavy (non-hydrogen) atoms. The molecule has 1 amide bonds. The molecule has 0 spiro atoms. The van der Waals surface area contributed by atoms with E-state index in [1.165, 1.54) is 12.1 Å². The van der Waals surface area contributed by atoms with Gasteiger partial charge in [0.25, 0.3) is 5.91 Å². The molecule has 0 radical (unpaired) electrons. The Labute approximate surface area is 176 Å². The minimum atomic E-state index is -4.99. The van der Waals surface area contributed by atoms with Crippen LogP contribution in [-0.2, 0) is 23.8 Å². The van der Waals surface area contributed by atoms with Gasteiger partial charge in [-0.05, 0) is 24.3 Å². The first-order chi connectivity index (χ1) is 13.9. The number of hydrogen-bond donors (Lipinski definition) is 1. The number of carbonyl (C=O) groups excluding carboxylic acids is 1. The van der Waals surface area contributed by atoms with E-state index in [-0.39, 0.29) is 21.0 Å². The predicted octanol–water partition coefficient (Wildman–Crippen LogP) is 5.79. The third-order valence-electron chi connectivity index (χ3n) is 3.97. The van der Waals surface area contributed by atoms with E-state index in [0.717, 1.165) is 17.8 Å². The highest BCUT2D eigenvalue weighted by Gasteiger charge is 2.38. The fraction of sp³-hybridized carbons (Fsp3) is 0.158. The SMILES string of the molecule is O=C1NC(=S)SC1=Cc1ccccc1OCc1ccc(C(F)(F)F)cc1C(F)(F)F. The summed E-state index contributed by atoms with van der Waals surface area (Å²) in [4.78, 5) is 12.1. The van der Waals surface area contributed by atoms with Crippen molar-refractivity contribution >= 4 is 40.3 Å². The molecule has 11 heteroatoms. The second kappa shape index (κ2) is 8.31. The monoisotopic (exact) mass is 463 g/mol. The zero-order valence-corrected chi connectivity index (χ0v) is 16.4. The van der Waals surface area contributed by atoms with Crippen LogP contribution in [0.25, 0.3) is 6.08 Å². The average molecular weight is 463 g/mol. The van der Waals surface area contributed by atoms with Gasteiger partial charge in [0.05, 0.1) is 16.0 Å². The minimum absolute atomic E-state index is 0.0625. The van der Waals surface area contributed by atoms with Gasteiger partial charge in [0, 0.05) is 11.1 Å². The zero-order valence-electron chi connectivity index (χ0n) is 14.7. The highest BCUT2D eigenvalue weighted by atomic mass is 32.2. The maximum atomic E-state index is 13.3. The predicted molar refractivity (Wildman–Crippen MR) is 104 cm³/mol. The molecule has 1 heterocycles. The second-order valence-electron chi connectivity index (χ2n) is 6.05. The van der Waals surface area contributed by atoms with Crippen LogP contribution in [0.1, 0.15) is 22.3 Å². The van der Waals surface area contributed by atoms with Crippen LogP contribution in [0.15, 0.2) is 47.4 Å². The highest BCUT2D eigenvalue weighted by molar-refractivity contribution is 8.26. The van der Waals surface area contributed by atoms with Gasteiger partial charge in [0.15, 0.2) is 0 Å². The number of para-hydroxylation sites is 1. The van der Waals surface area contributed by atoms with E-state index in [2.05, 4.69) is 5.32 Å². The van der Waals surface area contributed by atoms with Crippen molar-refractivity contribution in [3.8, 4) is 5.75 Å². The number of carbonyl (C=O) groups is 1. The van der Waals surface area contributed by atoms with Crippen molar-refractivity contribution in [2.75, 3.05) is 0 Å². The largest absolute Gasteiger partial charge is 0.488 e. The fourth-order valence-corrected chi connectivity index (χ4v) is 3.63. The van der Waals surface area contributed by atoms with Gasteiger partial charge in [0.2, 0.25) is 0 Å². The molecule has 0 aromatic heterocycles. The topological polar surface area (TPSA) is 38.3 Å².